The van der Waals surface area contributed by atoms with E-state index >= 15 is 0 Å². The second kappa shape index (κ2) is 10.3. The third kappa shape index (κ3) is 4.74. The number of hydrogen-bond donors (Lipinski definition) is 1. The monoisotopic (exact) mass is 522 g/mol. The van der Waals surface area contributed by atoms with Crippen LogP contribution in [0.1, 0.15) is 5.56 Å². The number of nitrogens with one attached hydrogen (secondary N) is 1. The molecule has 1 amide bonds. The van der Waals surface area contributed by atoms with Gasteiger partial charge in [-0.1, -0.05) is 48.7 Å². The third-order valence-corrected chi connectivity index (χ3v) is 8.87. The first-order valence-corrected chi connectivity index (χ1v) is 13.3. The van der Waals surface area contributed by atoms with Gasteiger partial charge in [0.2, 0.25) is 0 Å². The van der Waals surface area contributed by atoms with Crippen LogP contribution in [0.15, 0.2) is 81.8 Å². The van der Waals surface area contributed by atoms with Crippen LogP contribution in [0.5, 0.6) is 0 Å². The summed E-state index contributed by atoms with van der Waals surface area (Å²) >= 11 is 4.41. The summed E-state index contributed by atoms with van der Waals surface area (Å²) in [6.45, 7) is 3.91. The van der Waals surface area contributed by atoms with Crippen molar-refractivity contribution in [3.63, 3.8) is 0 Å². The largest absolute Gasteiger partial charge is 0.539 e. The lowest BCUT2D eigenvalue weighted by Gasteiger charge is -2.49. The predicted molar refractivity (Wildman–Crippen MR) is 139 cm³/mol. The van der Waals surface area contributed by atoms with Crippen LogP contribution >= 0.6 is 34.9 Å². The van der Waals surface area contributed by atoms with Crippen LogP contribution in [0.25, 0.3) is 17.0 Å². The van der Waals surface area contributed by atoms with E-state index in [-0.39, 0.29) is 17.0 Å². The number of nitrogens with zero attached hydrogens (tertiary/aromatic N) is 3. The van der Waals surface area contributed by atoms with Crippen LogP contribution in [0.3, 0.4) is 0 Å². The first kappa shape index (κ1) is 23.7. The smallest absolute Gasteiger partial charge is 0.337 e. The maximum Gasteiger partial charge on any atom is 0.337 e. The number of hydroxylamine groups is 1. The van der Waals surface area contributed by atoms with Crippen LogP contribution < -0.4 is 5.48 Å². The molecule has 1 saturated heterocycles. The topological polar surface area (TPSA) is 93.6 Å². The van der Waals surface area contributed by atoms with Crippen molar-refractivity contribution < 1.29 is 19.1 Å². The number of carbonyl (C=O) groups excluding carboxylic acids is 2. The van der Waals surface area contributed by atoms with Crippen molar-refractivity contribution in [2.24, 2.45) is 0 Å². The Morgan fingerprint density at radius 2 is 2.00 bits per heavy atom. The van der Waals surface area contributed by atoms with Gasteiger partial charge in [0.1, 0.15) is 16.8 Å². The fourth-order valence-electron chi connectivity index (χ4n) is 3.61. The Morgan fingerprint density at radius 1 is 1.23 bits per heavy atom. The van der Waals surface area contributed by atoms with E-state index in [9.17, 15) is 9.59 Å². The van der Waals surface area contributed by atoms with E-state index in [1.165, 1.54) is 36.0 Å². The van der Waals surface area contributed by atoms with Gasteiger partial charge in [-0.3, -0.25) is 14.7 Å². The number of benzene rings is 1. The molecule has 2 aliphatic heterocycles. The molecule has 176 valence electrons. The molecular weight excluding hydrogens is 503 g/mol. The average molecular weight is 522 g/mol. The Kier molecular flexibility index (Phi) is 6.96. The molecule has 2 aromatic heterocycles. The van der Waals surface area contributed by atoms with E-state index in [4.69, 9.17) is 9.49 Å². The van der Waals surface area contributed by atoms with E-state index in [0.29, 0.717) is 11.5 Å². The van der Waals surface area contributed by atoms with Gasteiger partial charge >= 0.3 is 14.0 Å². The highest BCUT2D eigenvalue weighted by atomic mass is 32.2. The number of thioether (sulfide) groups is 2. The van der Waals surface area contributed by atoms with Crippen molar-refractivity contribution in [2.75, 3.05) is 5.75 Å². The zero-order valence-corrected chi connectivity index (χ0v) is 21.0. The Morgan fingerprint density at radius 3 is 2.74 bits per heavy atom. The van der Waals surface area contributed by atoms with Crippen molar-refractivity contribution in [2.45, 2.75) is 15.8 Å². The van der Waals surface area contributed by atoms with Crippen molar-refractivity contribution in [3.05, 3.63) is 83.0 Å². The normalized spacial score (nSPS) is 19.1. The molecule has 12 heteroatoms. The second-order valence-electron chi connectivity index (χ2n) is 7.50. The van der Waals surface area contributed by atoms with Gasteiger partial charge in [-0.25, -0.2) is 9.78 Å². The minimum atomic E-state index is -0.607. The van der Waals surface area contributed by atoms with Crippen LogP contribution in [-0.4, -0.2) is 52.0 Å². The number of pyridine rings is 1. The number of β-lactam (4-membered cyclic amide) rings is 1. The Hall–Kier alpha value is -3.06. The Labute approximate surface area is 215 Å². The Balaban J connectivity index is 1.31. The van der Waals surface area contributed by atoms with Gasteiger partial charge < -0.3 is 9.49 Å². The summed E-state index contributed by atoms with van der Waals surface area (Å²) in [4.78, 5) is 42.2. The maximum atomic E-state index is 13.0. The first-order valence-electron chi connectivity index (χ1n) is 10.5. The zero-order valence-electron chi connectivity index (χ0n) is 18.5. The average Bonchev–Trinajstić information content (AvgIpc) is 3.37. The summed E-state index contributed by atoms with van der Waals surface area (Å²) in [6, 6.07) is 12.6. The van der Waals surface area contributed by atoms with Crippen molar-refractivity contribution in [1.29, 1.82) is 0 Å². The summed E-state index contributed by atoms with van der Waals surface area (Å²) < 4.78 is 5.80. The predicted octanol–water partition coefficient (Wildman–Crippen LogP) is 3.08. The maximum absolute atomic E-state index is 13.0. The molecule has 0 radical (unpaired) electrons. The molecule has 0 saturated carbocycles. The summed E-state index contributed by atoms with van der Waals surface area (Å²) in [5.41, 5.74) is 5.69. The lowest BCUT2D eigenvalue weighted by atomic mass is 10.1. The van der Waals surface area contributed by atoms with Crippen molar-refractivity contribution in [1.82, 2.24) is 20.3 Å². The van der Waals surface area contributed by atoms with E-state index < -0.39 is 12.0 Å². The molecule has 35 heavy (non-hydrogen) atoms. The minimum absolute atomic E-state index is 0.256. The summed E-state index contributed by atoms with van der Waals surface area (Å²) in [6.07, 6.45) is 3.44. The Bertz CT molecular complexity index is 1300. The quantitative estimate of drug-likeness (QED) is 0.207. The molecule has 1 N–H and O–H groups in total. The number of aromatic nitrogens is 2. The van der Waals surface area contributed by atoms with Gasteiger partial charge in [-0.2, -0.15) is 0 Å². The summed E-state index contributed by atoms with van der Waals surface area (Å²) in [5.74, 6) is 0.126. The lowest BCUT2D eigenvalue weighted by Crippen LogP contribution is -2.69. The first-order chi connectivity index (χ1) is 17.1. The molecule has 5 rings (SSSR count). The second-order valence-corrected chi connectivity index (χ2v) is 10.8. The lowest BCUT2D eigenvalue weighted by molar-refractivity contribution is -0.152. The zero-order chi connectivity index (χ0) is 24.4. The van der Waals surface area contributed by atoms with Gasteiger partial charge in [-0.05, 0) is 12.1 Å². The molecule has 4 heterocycles. The number of hydrogen-bond acceptors (Lipinski definition) is 10. The highest BCUT2D eigenvalue weighted by Gasteiger charge is 2.54. The van der Waals surface area contributed by atoms with E-state index in [2.05, 4.69) is 22.0 Å². The van der Waals surface area contributed by atoms with Gasteiger partial charge in [0.25, 0.3) is 5.91 Å². The minimum Gasteiger partial charge on any atom is -0.539 e. The molecule has 0 spiro atoms. The third-order valence-electron chi connectivity index (χ3n) is 5.39. The van der Waals surface area contributed by atoms with Gasteiger partial charge in [0.05, 0.1) is 5.69 Å². The number of carbonyl (C=O) groups is 2. The molecular formula is C23H19BN4O4S3. The molecule has 1 aromatic carbocycles. The van der Waals surface area contributed by atoms with E-state index in [0.717, 1.165) is 26.1 Å². The number of fused-ring (bicyclic) bond motifs is 1. The molecule has 0 aliphatic carbocycles. The molecule has 0 unspecified atom stereocenters. The van der Waals surface area contributed by atoms with Crippen LogP contribution in [0, 0.1) is 0 Å². The standard InChI is InChI=1S/C23H19BN4O4S3/c1-13(14-5-3-2-4-6-14)32-27-18-20(29)28-19(22(30)31-24)17(12-33-21(18)28)35-23-26-16(11-34-23)15-7-9-25-10-8-15/h2-11,18,21,27H,1,12,24H2/t18-,21-/m1/s1. The molecule has 0 bridgehead atoms. The summed E-state index contributed by atoms with van der Waals surface area (Å²) in [5, 5.41) is 1.66. The number of amides is 1. The fraction of sp³-hybridized carbons (Fsp3) is 0.130. The molecule has 1 fully saturated rings. The highest BCUT2D eigenvalue weighted by molar-refractivity contribution is 8.07. The summed E-state index contributed by atoms with van der Waals surface area (Å²) in [7, 11) is 1.31. The number of rotatable bonds is 8. The van der Waals surface area contributed by atoms with Crippen LogP contribution in [-0.2, 0) is 19.1 Å². The van der Waals surface area contributed by atoms with E-state index in [1.54, 1.807) is 24.2 Å². The van der Waals surface area contributed by atoms with Crippen molar-refractivity contribution >= 4 is 60.5 Å². The van der Waals surface area contributed by atoms with Crippen LogP contribution in [0.2, 0.25) is 0 Å². The molecule has 3 aromatic rings. The van der Waals surface area contributed by atoms with Gasteiger partial charge in [0.15, 0.2) is 10.4 Å². The molecule has 2 atom stereocenters. The van der Waals surface area contributed by atoms with Gasteiger partial charge in [0, 0.05) is 39.6 Å². The SMILES string of the molecule is BOC(=O)C1=C(Sc2nc(-c3ccncc3)cs2)CS[C@@H]2[C@H](NOC(=C)c3ccccc3)C(=O)N12. The van der Waals surface area contributed by atoms with E-state index in [1.807, 2.05) is 47.8 Å². The van der Waals surface area contributed by atoms with Crippen LogP contribution in [0.4, 0.5) is 0 Å². The highest BCUT2D eigenvalue weighted by Crippen LogP contribution is 2.46. The molecule has 2 aliphatic rings. The number of thiazole rings is 1. The fourth-order valence-corrected chi connectivity index (χ4v) is 7.06. The molecule has 8 nitrogen and oxygen atoms in total. The van der Waals surface area contributed by atoms with Gasteiger partial charge in [-0.15, -0.1) is 28.6 Å². The van der Waals surface area contributed by atoms with Crippen molar-refractivity contribution in [3.8, 4) is 11.3 Å².